The molecule has 0 unspecified atom stereocenters. The van der Waals surface area contributed by atoms with Crippen molar-refractivity contribution in [2.75, 3.05) is 25.6 Å². The van der Waals surface area contributed by atoms with Gasteiger partial charge in [-0.3, -0.25) is 4.79 Å². The first-order valence-electron chi connectivity index (χ1n) is 8.16. The molecular formula is C19H20Cl2N2O4. The molecule has 0 atom stereocenters. The zero-order valence-electron chi connectivity index (χ0n) is 15.2. The van der Waals surface area contributed by atoms with Crippen molar-refractivity contribution in [1.82, 2.24) is 0 Å². The van der Waals surface area contributed by atoms with Crippen molar-refractivity contribution in [1.29, 1.82) is 0 Å². The number of amides is 1. The summed E-state index contributed by atoms with van der Waals surface area (Å²) in [5, 5.41) is 7.43. The highest BCUT2D eigenvalue weighted by Crippen LogP contribution is 2.36. The standard InChI is InChI=1S/C19H20Cl2N2O4/c1-4-26-19-16(21)7-13(8-17(19)25-3)10-22-27-11-18(24)23-14-6-5-12(2)15(20)9-14/h5-10H,4,11H2,1-3H3,(H,23,24)/b22-10-. The first kappa shape index (κ1) is 20.9. The molecule has 0 heterocycles. The summed E-state index contributed by atoms with van der Waals surface area (Å²) in [6.07, 6.45) is 1.43. The van der Waals surface area contributed by atoms with Gasteiger partial charge < -0.3 is 19.6 Å². The summed E-state index contributed by atoms with van der Waals surface area (Å²) in [5.41, 5.74) is 2.16. The third kappa shape index (κ3) is 6.05. The molecule has 0 radical (unpaired) electrons. The average molecular weight is 411 g/mol. The minimum absolute atomic E-state index is 0.246. The smallest absolute Gasteiger partial charge is 0.265 e. The molecule has 6 nitrogen and oxygen atoms in total. The lowest BCUT2D eigenvalue weighted by Gasteiger charge is -2.11. The van der Waals surface area contributed by atoms with Crippen molar-refractivity contribution in [2.45, 2.75) is 13.8 Å². The molecule has 0 aliphatic rings. The van der Waals surface area contributed by atoms with Crippen molar-refractivity contribution in [2.24, 2.45) is 5.16 Å². The second kappa shape index (κ2) is 10.0. The second-order valence-corrected chi connectivity index (χ2v) is 6.30. The number of hydrogen-bond acceptors (Lipinski definition) is 5. The zero-order chi connectivity index (χ0) is 19.8. The lowest BCUT2D eigenvalue weighted by Crippen LogP contribution is -2.17. The summed E-state index contributed by atoms with van der Waals surface area (Å²) in [6, 6.07) is 8.62. The number of nitrogens with zero attached hydrogens (tertiary/aromatic N) is 1. The molecule has 2 rings (SSSR count). The number of carbonyl (C=O) groups is 1. The Morgan fingerprint density at radius 2 is 2.00 bits per heavy atom. The summed E-state index contributed by atoms with van der Waals surface area (Å²) < 4.78 is 10.7. The lowest BCUT2D eigenvalue weighted by molar-refractivity contribution is -0.120. The van der Waals surface area contributed by atoms with Gasteiger partial charge in [0.25, 0.3) is 5.91 Å². The fourth-order valence-electron chi connectivity index (χ4n) is 2.16. The van der Waals surface area contributed by atoms with Gasteiger partial charge in [0.15, 0.2) is 18.1 Å². The Hall–Kier alpha value is -2.44. The number of halogens is 2. The van der Waals surface area contributed by atoms with Gasteiger partial charge in [-0.05, 0) is 43.7 Å². The maximum absolute atomic E-state index is 11.9. The molecule has 0 saturated heterocycles. The van der Waals surface area contributed by atoms with Gasteiger partial charge in [0.1, 0.15) is 0 Å². The maximum atomic E-state index is 11.9. The second-order valence-electron chi connectivity index (χ2n) is 5.49. The van der Waals surface area contributed by atoms with Crippen LogP contribution in [0.3, 0.4) is 0 Å². The molecule has 0 saturated carbocycles. The van der Waals surface area contributed by atoms with Crippen LogP contribution in [-0.2, 0) is 9.63 Å². The van der Waals surface area contributed by atoms with E-state index in [0.717, 1.165) is 5.56 Å². The molecule has 0 fully saturated rings. The quantitative estimate of drug-likeness (QED) is 0.505. The fraction of sp³-hybridized carbons (Fsp3) is 0.263. The number of carbonyl (C=O) groups excluding carboxylic acids is 1. The largest absolute Gasteiger partial charge is 0.493 e. The number of rotatable bonds is 8. The molecule has 0 aliphatic heterocycles. The van der Waals surface area contributed by atoms with E-state index in [1.165, 1.54) is 13.3 Å². The van der Waals surface area contributed by atoms with E-state index in [1.54, 1.807) is 24.3 Å². The van der Waals surface area contributed by atoms with E-state index < -0.39 is 0 Å². The van der Waals surface area contributed by atoms with Crippen molar-refractivity contribution in [3.63, 3.8) is 0 Å². The van der Waals surface area contributed by atoms with E-state index in [1.807, 2.05) is 19.9 Å². The zero-order valence-corrected chi connectivity index (χ0v) is 16.7. The molecule has 0 aliphatic carbocycles. The van der Waals surface area contributed by atoms with Gasteiger partial charge in [0, 0.05) is 16.3 Å². The molecule has 0 bridgehead atoms. The maximum Gasteiger partial charge on any atom is 0.265 e. The van der Waals surface area contributed by atoms with Gasteiger partial charge in [-0.25, -0.2) is 0 Å². The van der Waals surface area contributed by atoms with Crippen LogP contribution in [0.4, 0.5) is 5.69 Å². The molecule has 144 valence electrons. The van der Waals surface area contributed by atoms with Crippen LogP contribution in [-0.4, -0.2) is 32.4 Å². The molecule has 1 amide bonds. The molecular weight excluding hydrogens is 391 g/mol. The van der Waals surface area contributed by atoms with E-state index in [9.17, 15) is 4.79 Å². The minimum Gasteiger partial charge on any atom is -0.493 e. The predicted octanol–water partition coefficient (Wildman–Crippen LogP) is 4.70. The van der Waals surface area contributed by atoms with Gasteiger partial charge in [-0.15, -0.1) is 0 Å². The van der Waals surface area contributed by atoms with Gasteiger partial charge in [-0.1, -0.05) is 34.4 Å². The number of nitrogens with one attached hydrogen (secondary N) is 1. The average Bonchev–Trinajstić information content (AvgIpc) is 2.64. The SMILES string of the molecule is CCOc1c(Cl)cc(/C=N\OCC(=O)Nc2ccc(C)c(Cl)c2)cc1OC. The minimum atomic E-state index is -0.352. The van der Waals surface area contributed by atoms with Crippen LogP contribution in [0.1, 0.15) is 18.1 Å². The van der Waals surface area contributed by atoms with Crippen LogP contribution in [0.5, 0.6) is 11.5 Å². The van der Waals surface area contributed by atoms with Gasteiger partial charge in [0.2, 0.25) is 0 Å². The summed E-state index contributed by atoms with van der Waals surface area (Å²) in [5.74, 6) is 0.602. The Labute approximate surface area is 168 Å². The Morgan fingerprint density at radius 3 is 2.67 bits per heavy atom. The van der Waals surface area contributed by atoms with Crippen LogP contribution >= 0.6 is 23.2 Å². The van der Waals surface area contributed by atoms with Crippen LogP contribution in [0.15, 0.2) is 35.5 Å². The van der Waals surface area contributed by atoms with Crippen molar-refractivity contribution in [3.05, 3.63) is 51.5 Å². The van der Waals surface area contributed by atoms with Gasteiger partial charge in [0.05, 0.1) is 25.0 Å². The highest BCUT2D eigenvalue weighted by Gasteiger charge is 2.11. The van der Waals surface area contributed by atoms with Crippen molar-refractivity contribution < 1.29 is 19.1 Å². The van der Waals surface area contributed by atoms with Gasteiger partial charge >= 0.3 is 0 Å². The summed E-state index contributed by atoms with van der Waals surface area (Å²) in [4.78, 5) is 16.9. The number of ether oxygens (including phenoxy) is 2. The van der Waals surface area contributed by atoms with E-state index in [-0.39, 0.29) is 12.5 Å². The first-order chi connectivity index (χ1) is 12.9. The summed E-state index contributed by atoms with van der Waals surface area (Å²) >= 11 is 12.2. The normalized spacial score (nSPS) is 10.7. The number of anilines is 1. The lowest BCUT2D eigenvalue weighted by atomic mass is 10.2. The number of aryl methyl sites for hydroxylation is 1. The molecule has 0 aromatic heterocycles. The topological polar surface area (TPSA) is 69.2 Å². The number of methoxy groups -OCH3 is 1. The van der Waals surface area contributed by atoms with Crippen LogP contribution in [0.25, 0.3) is 0 Å². The molecule has 2 aromatic rings. The molecule has 8 heteroatoms. The molecule has 2 aromatic carbocycles. The predicted molar refractivity (Wildman–Crippen MR) is 108 cm³/mol. The summed E-state index contributed by atoms with van der Waals surface area (Å²) in [7, 11) is 1.52. The Kier molecular flexibility index (Phi) is 7.76. The van der Waals surface area contributed by atoms with Crippen molar-refractivity contribution in [3.8, 4) is 11.5 Å². The van der Waals surface area contributed by atoms with Crippen LogP contribution in [0, 0.1) is 6.92 Å². The first-order valence-corrected chi connectivity index (χ1v) is 8.91. The van der Waals surface area contributed by atoms with Crippen LogP contribution in [0.2, 0.25) is 10.0 Å². The highest BCUT2D eigenvalue weighted by atomic mass is 35.5. The van der Waals surface area contributed by atoms with E-state index in [4.69, 9.17) is 37.5 Å². The summed E-state index contributed by atoms with van der Waals surface area (Å²) in [6.45, 7) is 3.96. The number of benzene rings is 2. The van der Waals surface area contributed by atoms with Gasteiger partial charge in [-0.2, -0.15) is 0 Å². The third-order valence-electron chi connectivity index (χ3n) is 3.47. The number of hydrogen-bond donors (Lipinski definition) is 1. The van der Waals surface area contributed by atoms with E-state index in [0.29, 0.717) is 39.4 Å². The van der Waals surface area contributed by atoms with E-state index >= 15 is 0 Å². The highest BCUT2D eigenvalue weighted by molar-refractivity contribution is 6.32. The van der Waals surface area contributed by atoms with E-state index in [2.05, 4.69) is 10.5 Å². The van der Waals surface area contributed by atoms with Crippen LogP contribution < -0.4 is 14.8 Å². The van der Waals surface area contributed by atoms with Crippen molar-refractivity contribution >= 4 is 41.0 Å². The Balaban J connectivity index is 1.92. The third-order valence-corrected chi connectivity index (χ3v) is 4.16. The fourth-order valence-corrected chi connectivity index (χ4v) is 2.61. The molecule has 0 spiro atoms. The molecule has 1 N–H and O–H groups in total. The Morgan fingerprint density at radius 1 is 1.22 bits per heavy atom. The molecule has 27 heavy (non-hydrogen) atoms. The number of oxime groups is 1. The monoisotopic (exact) mass is 410 g/mol. The Bertz CT molecular complexity index is 841.